The molecule has 7 heteroatoms. The molecule has 0 aliphatic heterocycles. The van der Waals surface area contributed by atoms with Gasteiger partial charge in [-0.1, -0.05) is 5.21 Å². The molecule has 2 aromatic heterocycles. The fourth-order valence-corrected chi connectivity index (χ4v) is 2.18. The van der Waals surface area contributed by atoms with Gasteiger partial charge >= 0.3 is 5.97 Å². The maximum atomic E-state index is 10.5. The van der Waals surface area contributed by atoms with Crippen molar-refractivity contribution in [2.75, 3.05) is 0 Å². The summed E-state index contributed by atoms with van der Waals surface area (Å²) < 4.78 is 2.39. The minimum atomic E-state index is -1.08. The van der Waals surface area contributed by atoms with Crippen LogP contribution in [0.4, 0.5) is 0 Å². The third-order valence-corrected chi connectivity index (χ3v) is 3.11. The number of rotatable bonds is 2. The van der Waals surface area contributed by atoms with Crippen LogP contribution in [0, 0.1) is 0 Å². The lowest BCUT2D eigenvalue weighted by Crippen LogP contribution is -1.95. The van der Waals surface area contributed by atoms with Gasteiger partial charge in [-0.05, 0) is 28.1 Å². The fourth-order valence-electron chi connectivity index (χ4n) is 0.897. The van der Waals surface area contributed by atoms with Gasteiger partial charge in [0.15, 0.2) is 5.69 Å². The first-order valence-corrected chi connectivity index (χ1v) is 5.19. The predicted molar refractivity (Wildman–Crippen MR) is 53.9 cm³/mol. The summed E-state index contributed by atoms with van der Waals surface area (Å²) in [7, 11) is 0. The van der Waals surface area contributed by atoms with Crippen LogP contribution in [0.2, 0.25) is 0 Å². The number of hydrogen-bond donors (Lipinski definition) is 1. The van der Waals surface area contributed by atoms with Gasteiger partial charge in [0.25, 0.3) is 0 Å². The van der Waals surface area contributed by atoms with Gasteiger partial charge in [-0.3, -0.25) is 0 Å². The Morgan fingerprint density at radius 2 is 2.36 bits per heavy atom. The van der Waals surface area contributed by atoms with Crippen molar-refractivity contribution >= 4 is 33.2 Å². The molecular weight excluding hydrogens is 270 g/mol. The van der Waals surface area contributed by atoms with E-state index in [1.807, 2.05) is 12.1 Å². The lowest BCUT2D eigenvalue weighted by molar-refractivity contribution is 0.0690. The van der Waals surface area contributed by atoms with Crippen LogP contribution in [0.1, 0.15) is 10.5 Å². The largest absolute Gasteiger partial charge is 0.476 e. The number of carbonyl (C=O) groups is 1. The number of aromatic nitrogens is 3. The summed E-state index contributed by atoms with van der Waals surface area (Å²) in [4.78, 5) is 10.5. The molecule has 14 heavy (non-hydrogen) atoms. The number of hydrogen-bond acceptors (Lipinski definition) is 4. The molecule has 0 radical (unpaired) electrons. The normalized spacial score (nSPS) is 10.4. The minimum Gasteiger partial charge on any atom is -0.476 e. The van der Waals surface area contributed by atoms with Crippen molar-refractivity contribution in [3.8, 4) is 5.00 Å². The molecule has 0 aliphatic rings. The Morgan fingerprint density at radius 3 is 2.86 bits per heavy atom. The van der Waals surface area contributed by atoms with Gasteiger partial charge in [-0.15, -0.1) is 16.4 Å². The van der Waals surface area contributed by atoms with E-state index in [2.05, 4.69) is 26.2 Å². The van der Waals surface area contributed by atoms with E-state index < -0.39 is 5.97 Å². The molecule has 0 bridgehead atoms. The van der Waals surface area contributed by atoms with E-state index in [1.54, 1.807) is 0 Å². The van der Waals surface area contributed by atoms with Crippen molar-refractivity contribution in [2.24, 2.45) is 0 Å². The van der Waals surface area contributed by atoms with Crippen LogP contribution in [-0.2, 0) is 0 Å². The second-order valence-electron chi connectivity index (χ2n) is 2.43. The molecule has 1 N–H and O–H groups in total. The SMILES string of the molecule is O=C(O)c1cn(-c2ccc(Br)s2)nn1. The Balaban J connectivity index is 2.38. The van der Waals surface area contributed by atoms with Gasteiger partial charge in [0.1, 0.15) is 5.00 Å². The van der Waals surface area contributed by atoms with Crippen molar-refractivity contribution in [2.45, 2.75) is 0 Å². The lowest BCUT2D eigenvalue weighted by atomic mass is 10.5. The van der Waals surface area contributed by atoms with Crippen LogP contribution in [0.25, 0.3) is 5.00 Å². The zero-order valence-electron chi connectivity index (χ0n) is 6.72. The van der Waals surface area contributed by atoms with Crippen molar-refractivity contribution in [1.29, 1.82) is 0 Å². The van der Waals surface area contributed by atoms with Crippen LogP contribution in [-0.4, -0.2) is 26.1 Å². The molecule has 0 spiro atoms. The lowest BCUT2D eigenvalue weighted by Gasteiger charge is -1.90. The van der Waals surface area contributed by atoms with Crippen LogP contribution >= 0.6 is 27.3 Å². The summed E-state index contributed by atoms with van der Waals surface area (Å²) >= 11 is 4.76. The Hall–Kier alpha value is -1.21. The van der Waals surface area contributed by atoms with E-state index in [0.717, 1.165) is 8.79 Å². The van der Waals surface area contributed by atoms with E-state index in [1.165, 1.54) is 22.2 Å². The molecule has 2 heterocycles. The van der Waals surface area contributed by atoms with Gasteiger partial charge in [-0.2, -0.15) is 0 Å². The summed E-state index contributed by atoms with van der Waals surface area (Å²) in [5.74, 6) is -1.08. The van der Waals surface area contributed by atoms with Gasteiger partial charge in [0, 0.05) is 0 Å². The predicted octanol–water partition coefficient (Wildman–Crippen LogP) is 1.79. The third kappa shape index (κ3) is 1.68. The van der Waals surface area contributed by atoms with Crippen molar-refractivity contribution in [1.82, 2.24) is 15.0 Å². The first-order chi connectivity index (χ1) is 6.66. The summed E-state index contributed by atoms with van der Waals surface area (Å²) in [5, 5.41) is 16.6. The maximum absolute atomic E-state index is 10.5. The molecule has 5 nitrogen and oxygen atoms in total. The van der Waals surface area contributed by atoms with E-state index >= 15 is 0 Å². The molecule has 0 aliphatic carbocycles. The molecule has 0 amide bonds. The molecule has 2 rings (SSSR count). The summed E-state index contributed by atoms with van der Waals surface area (Å²) in [6, 6.07) is 3.69. The monoisotopic (exact) mass is 273 g/mol. The average Bonchev–Trinajstić information content (AvgIpc) is 2.70. The number of halogens is 1. The minimum absolute atomic E-state index is 0.0606. The molecule has 0 saturated carbocycles. The van der Waals surface area contributed by atoms with E-state index in [0.29, 0.717) is 0 Å². The van der Waals surface area contributed by atoms with Crippen LogP contribution in [0.3, 0.4) is 0 Å². The Morgan fingerprint density at radius 1 is 1.57 bits per heavy atom. The first-order valence-electron chi connectivity index (χ1n) is 3.58. The highest BCUT2D eigenvalue weighted by Gasteiger charge is 2.09. The second-order valence-corrected chi connectivity index (χ2v) is 4.87. The smallest absolute Gasteiger partial charge is 0.358 e. The zero-order chi connectivity index (χ0) is 10.1. The number of carboxylic acids is 1. The number of aromatic carboxylic acids is 1. The Labute approximate surface area is 91.1 Å². The quantitative estimate of drug-likeness (QED) is 0.906. The Bertz CT molecular complexity index is 479. The third-order valence-electron chi connectivity index (χ3n) is 1.50. The topological polar surface area (TPSA) is 68.0 Å². The van der Waals surface area contributed by atoms with E-state index in [-0.39, 0.29) is 5.69 Å². The van der Waals surface area contributed by atoms with Gasteiger partial charge in [0.2, 0.25) is 0 Å². The highest BCUT2D eigenvalue weighted by Crippen LogP contribution is 2.24. The number of carboxylic acid groups (broad SMARTS) is 1. The zero-order valence-corrected chi connectivity index (χ0v) is 9.12. The molecule has 0 unspecified atom stereocenters. The van der Waals surface area contributed by atoms with Gasteiger partial charge < -0.3 is 5.11 Å². The van der Waals surface area contributed by atoms with E-state index in [4.69, 9.17) is 5.11 Å². The van der Waals surface area contributed by atoms with Gasteiger partial charge in [-0.25, -0.2) is 9.48 Å². The standard InChI is InChI=1S/C7H4BrN3O2S/c8-5-1-2-6(14-5)11-3-4(7(12)13)9-10-11/h1-3H,(H,12,13). The average molecular weight is 274 g/mol. The first kappa shape index (κ1) is 9.35. The number of thiophene rings is 1. The maximum Gasteiger partial charge on any atom is 0.358 e. The molecule has 0 atom stereocenters. The van der Waals surface area contributed by atoms with Crippen LogP contribution in [0.5, 0.6) is 0 Å². The number of nitrogens with zero attached hydrogens (tertiary/aromatic N) is 3. The van der Waals surface area contributed by atoms with Crippen molar-refractivity contribution in [3.63, 3.8) is 0 Å². The molecule has 0 aromatic carbocycles. The van der Waals surface area contributed by atoms with Crippen LogP contribution in [0.15, 0.2) is 22.1 Å². The van der Waals surface area contributed by atoms with Crippen molar-refractivity contribution < 1.29 is 9.90 Å². The Kier molecular flexibility index (Phi) is 2.34. The molecule has 72 valence electrons. The summed E-state index contributed by atoms with van der Waals surface area (Å²) in [6.45, 7) is 0. The summed E-state index contributed by atoms with van der Waals surface area (Å²) in [6.07, 6.45) is 1.38. The highest BCUT2D eigenvalue weighted by atomic mass is 79.9. The molecule has 0 fully saturated rings. The van der Waals surface area contributed by atoms with Crippen LogP contribution < -0.4 is 0 Å². The molecular formula is C7H4BrN3O2S. The van der Waals surface area contributed by atoms with Gasteiger partial charge in [0.05, 0.1) is 9.98 Å². The van der Waals surface area contributed by atoms with Crippen molar-refractivity contribution in [3.05, 3.63) is 27.8 Å². The molecule has 2 aromatic rings. The molecule has 0 saturated heterocycles. The second kappa shape index (κ2) is 3.50. The van der Waals surface area contributed by atoms with E-state index in [9.17, 15) is 4.79 Å². The summed E-state index contributed by atoms with van der Waals surface area (Å²) in [5.41, 5.74) is -0.0606. The fraction of sp³-hybridized carbons (Fsp3) is 0. The highest BCUT2D eigenvalue weighted by molar-refractivity contribution is 9.11.